The van der Waals surface area contributed by atoms with Gasteiger partial charge in [0.25, 0.3) is 0 Å². The number of hydrogen-bond donors (Lipinski definition) is 2. The van der Waals surface area contributed by atoms with Gasteiger partial charge in [0.2, 0.25) is 0 Å². The number of hydrogen-bond acceptors (Lipinski definition) is 4. The molecule has 1 fully saturated rings. The Morgan fingerprint density at radius 3 is 3.10 bits per heavy atom. The molecule has 1 aliphatic rings. The van der Waals surface area contributed by atoms with Crippen molar-refractivity contribution in [1.82, 2.24) is 5.32 Å². The maximum absolute atomic E-state index is 10.8. The van der Waals surface area contributed by atoms with Crippen molar-refractivity contribution >= 4 is 13.7 Å². The minimum absolute atomic E-state index is 0.219. The van der Waals surface area contributed by atoms with Gasteiger partial charge in [0.1, 0.15) is 6.04 Å². The van der Waals surface area contributed by atoms with Crippen molar-refractivity contribution in [1.29, 1.82) is 0 Å². The zero-order valence-corrected chi connectivity index (χ0v) is 5.54. The molecule has 1 rings (SSSR count). The van der Waals surface area contributed by atoms with Crippen LogP contribution in [0, 0.1) is 0 Å². The first-order chi connectivity index (χ1) is 4.84. The normalized spacial score (nSPS) is 24.3. The van der Waals surface area contributed by atoms with Crippen LogP contribution in [0.1, 0.15) is 12.8 Å². The maximum Gasteiger partial charge on any atom is 0.571 e. The highest BCUT2D eigenvalue weighted by Crippen LogP contribution is 2.05. The molecule has 10 heavy (non-hydrogen) atoms. The molecule has 1 aliphatic heterocycles. The molecule has 0 unspecified atom stereocenters. The Balaban J connectivity index is 2.25. The molecule has 1 heterocycles. The number of rotatable bonds is 2. The van der Waals surface area contributed by atoms with E-state index >= 15 is 0 Å². The van der Waals surface area contributed by atoms with Crippen LogP contribution in [-0.4, -0.2) is 31.3 Å². The number of carbonyl (C=O) groups is 1. The second-order valence-electron chi connectivity index (χ2n) is 2.19. The summed E-state index contributed by atoms with van der Waals surface area (Å²) in [5.41, 5.74) is 0. The van der Waals surface area contributed by atoms with E-state index in [-0.39, 0.29) is 6.04 Å². The van der Waals surface area contributed by atoms with Crippen LogP contribution in [0.2, 0.25) is 0 Å². The first-order valence-electron chi connectivity index (χ1n) is 3.24. The van der Waals surface area contributed by atoms with E-state index in [0.717, 1.165) is 19.4 Å². The van der Waals surface area contributed by atoms with Gasteiger partial charge in [0, 0.05) is 0 Å². The van der Waals surface area contributed by atoms with Crippen LogP contribution < -0.4 is 5.32 Å². The molecule has 55 valence electrons. The predicted molar refractivity (Wildman–Crippen MR) is 35.1 cm³/mol. The molecule has 0 amide bonds. The molecule has 1 saturated heterocycles. The third-order valence-corrected chi connectivity index (χ3v) is 1.51. The first kappa shape index (κ1) is 7.56. The van der Waals surface area contributed by atoms with Crippen LogP contribution in [0.5, 0.6) is 0 Å². The summed E-state index contributed by atoms with van der Waals surface area (Å²) in [5.74, 6) is -0.403. The summed E-state index contributed by atoms with van der Waals surface area (Å²) in [7, 11) is 0.419. The largest absolute Gasteiger partial charge is 0.571 e. The molecule has 5 heteroatoms. The van der Waals surface area contributed by atoms with Crippen LogP contribution in [0.4, 0.5) is 0 Å². The van der Waals surface area contributed by atoms with E-state index < -0.39 is 5.97 Å². The zero-order chi connectivity index (χ0) is 7.40. The quantitative estimate of drug-likeness (QED) is 0.476. The van der Waals surface area contributed by atoms with Gasteiger partial charge >= 0.3 is 13.7 Å². The van der Waals surface area contributed by atoms with E-state index in [2.05, 4.69) is 9.97 Å². The molecule has 4 nitrogen and oxygen atoms in total. The molecule has 0 saturated carbocycles. The predicted octanol–water partition coefficient (Wildman–Crippen LogP) is -1.19. The third kappa shape index (κ3) is 1.72. The second-order valence-corrected chi connectivity index (χ2v) is 2.19. The van der Waals surface area contributed by atoms with E-state index in [1.54, 1.807) is 0 Å². The molecule has 0 aromatic heterocycles. The van der Waals surface area contributed by atoms with Gasteiger partial charge in [-0.15, -0.1) is 0 Å². The Hall–Kier alpha value is -0.545. The van der Waals surface area contributed by atoms with Crippen LogP contribution in [-0.2, 0) is 9.45 Å². The molecular formula is C5H9BNO3. The van der Waals surface area contributed by atoms with Crippen LogP contribution in [0.3, 0.4) is 0 Å². The highest BCUT2D eigenvalue weighted by Gasteiger charge is 2.22. The topological polar surface area (TPSA) is 58.6 Å². The minimum Gasteiger partial charge on any atom is -0.510 e. The summed E-state index contributed by atoms with van der Waals surface area (Å²) in [5, 5.41) is 11.0. The smallest absolute Gasteiger partial charge is 0.510 e. The Bertz CT molecular complexity index is 124. The second kappa shape index (κ2) is 3.58. The fourth-order valence-electron chi connectivity index (χ4n) is 1.02. The van der Waals surface area contributed by atoms with Crippen molar-refractivity contribution in [3.8, 4) is 0 Å². The van der Waals surface area contributed by atoms with Crippen molar-refractivity contribution < 1.29 is 14.5 Å². The monoisotopic (exact) mass is 142 g/mol. The lowest BCUT2D eigenvalue weighted by molar-refractivity contribution is -0.137. The Morgan fingerprint density at radius 1 is 1.80 bits per heavy atom. The Kier molecular flexibility index (Phi) is 2.71. The van der Waals surface area contributed by atoms with Gasteiger partial charge in [-0.25, -0.2) is 0 Å². The van der Waals surface area contributed by atoms with Crippen molar-refractivity contribution in [3.05, 3.63) is 0 Å². The fraction of sp³-hybridized carbons (Fsp3) is 0.800. The van der Waals surface area contributed by atoms with Gasteiger partial charge in [-0.2, -0.15) is 0 Å². The van der Waals surface area contributed by atoms with Gasteiger partial charge in [-0.1, -0.05) is 0 Å². The third-order valence-electron chi connectivity index (χ3n) is 1.51. The van der Waals surface area contributed by atoms with Crippen LogP contribution in [0.25, 0.3) is 0 Å². The SMILES string of the molecule is O=C(O[B]O)[C@@H]1CCCN1. The number of carbonyl (C=O) groups excluding carboxylic acids is 1. The van der Waals surface area contributed by atoms with Crippen molar-refractivity contribution in [2.75, 3.05) is 6.54 Å². The molecule has 2 N–H and O–H groups in total. The fourth-order valence-corrected chi connectivity index (χ4v) is 1.02. The van der Waals surface area contributed by atoms with E-state index in [4.69, 9.17) is 5.02 Å². The molecule has 0 spiro atoms. The lowest BCUT2D eigenvalue weighted by atomic mass is 10.2. The summed E-state index contributed by atoms with van der Waals surface area (Å²) >= 11 is 0. The standard InChI is InChI=1S/C5H9BNO3/c8-5(10-6-9)4-2-1-3-7-4/h4,7,9H,1-3H2/t4-/m0/s1. The Labute approximate surface area is 59.9 Å². The molecule has 0 aliphatic carbocycles. The average molecular weight is 142 g/mol. The lowest BCUT2D eigenvalue weighted by Gasteiger charge is -2.06. The first-order valence-corrected chi connectivity index (χ1v) is 3.24. The Morgan fingerprint density at radius 2 is 2.60 bits per heavy atom. The van der Waals surface area contributed by atoms with E-state index in [9.17, 15) is 4.79 Å². The molecular weight excluding hydrogens is 133 g/mol. The molecule has 1 atom stereocenters. The van der Waals surface area contributed by atoms with Crippen molar-refractivity contribution in [2.24, 2.45) is 0 Å². The molecule has 0 bridgehead atoms. The van der Waals surface area contributed by atoms with Gasteiger partial charge in [-0.05, 0) is 19.4 Å². The number of nitrogens with one attached hydrogen (secondary N) is 1. The molecule has 1 radical (unpaired) electrons. The van der Waals surface area contributed by atoms with Gasteiger partial charge in [0.05, 0.1) is 0 Å². The molecule has 0 aromatic carbocycles. The van der Waals surface area contributed by atoms with Gasteiger partial charge < -0.3 is 15.0 Å². The average Bonchev–Trinajstić information content (AvgIpc) is 2.38. The highest BCUT2D eigenvalue weighted by molar-refractivity contribution is 6.20. The van der Waals surface area contributed by atoms with E-state index in [1.165, 1.54) is 0 Å². The van der Waals surface area contributed by atoms with Crippen LogP contribution in [0.15, 0.2) is 0 Å². The van der Waals surface area contributed by atoms with Crippen molar-refractivity contribution in [2.45, 2.75) is 18.9 Å². The zero-order valence-electron chi connectivity index (χ0n) is 5.54. The summed E-state index contributed by atoms with van der Waals surface area (Å²) in [6, 6.07) is -0.219. The summed E-state index contributed by atoms with van der Waals surface area (Å²) < 4.78 is 4.25. The van der Waals surface area contributed by atoms with Crippen LogP contribution >= 0.6 is 0 Å². The van der Waals surface area contributed by atoms with E-state index in [0.29, 0.717) is 7.69 Å². The lowest BCUT2D eigenvalue weighted by Crippen LogP contribution is -2.33. The summed E-state index contributed by atoms with van der Waals surface area (Å²) in [6.07, 6.45) is 1.79. The highest BCUT2D eigenvalue weighted by atomic mass is 16.6. The molecule has 0 aromatic rings. The van der Waals surface area contributed by atoms with Gasteiger partial charge in [-0.3, -0.25) is 4.79 Å². The summed E-state index contributed by atoms with van der Waals surface area (Å²) in [6.45, 7) is 0.852. The summed E-state index contributed by atoms with van der Waals surface area (Å²) in [4.78, 5) is 10.8. The minimum atomic E-state index is -0.403. The van der Waals surface area contributed by atoms with Crippen molar-refractivity contribution in [3.63, 3.8) is 0 Å². The maximum atomic E-state index is 10.8. The van der Waals surface area contributed by atoms with Gasteiger partial charge in [0.15, 0.2) is 0 Å². The van der Waals surface area contributed by atoms with E-state index in [1.807, 2.05) is 0 Å².